The van der Waals surface area contributed by atoms with E-state index in [1.165, 1.54) is 4.90 Å². The van der Waals surface area contributed by atoms with Gasteiger partial charge in [-0.1, -0.05) is 5.16 Å². The van der Waals surface area contributed by atoms with Crippen LogP contribution in [0.1, 0.15) is 0 Å². The average molecular weight is 241 g/mol. The Morgan fingerprint density at radius 3 is 2.44 bits per heavy atom. The molecule has 94 valence electrons. The van der Waals surface area contributed by atoms with Gasteiger partial charge >= 0.3 is 6.18 Å². The van der Waals surface area contributed by atoms with Crippen molar-refractivity contribution in [3.05, 3.63) is 0 Å². The first-order chi connectivity index (χ1) is 7.38. The summed E-state index contributed by atoms with van der Waals surface area (Å²) in [5.41, 5.74) is 5.21. The normalized spacial score (nSPS) is 28.6. The maximum absolute atomic E-state index is 12.5. The summed E-state index contributed by atoms with van der Waals surface area (Å²) in [6.07, 6.45) is -4.33. The molecule has 1 rings (SSSR count). The lowest BCUT2D eigenvalue weighted by Gasteiger charge is -2.19. The van der Waals surface area contributed by atoms with E-state index in [9.17, 15) is 13.2 Å². The number of likely N-dealkylation sites (tertiary alicyclic amines) is 1. The highest BCUT2D eigenvalue weighted by Crippen LogP contribution is 2.37. The van der Waals surface area contributed by atoms with Crippen LogP contribution < -0.4 is 5.73 Å². The summed E-state index contributed by atoms with van der Waals surface area (Å²) in [6.45, 7) is -0.682. The molecule has 0 aromatic rings. The van der Waals surface area contributed by atoms with Crippen LogP contribution in [-0.4, -0.2) is 53.5 Å². The minimum atomic E-state index is -4.33. The van der Waals surface area contributed by atoms with Crippen LogP contribution in [0.15, 0.2) is 5.16 Å². The number of hydrogen-bond donors (Lipinski definition) is 3. The van der Waals surface area contributed by atoms with Crippen molar-refractivity contribution in [2.24, 2.45) is 22.7 Å². The number of hydrogen-bond acceptors (Lipinski definition) is 4. The molecular formula is C8H14F3N3O2. The predicted octanol–water partition coefficient (Wildman–Crippen LogP) is -0.165. The van der Waals surface area contributed by atoms with Crippen LogP contribution in [0.4, 0.5) is 13.2 Å². The minimum Gasteiger partial charge on any atom is -0.409 e. The van der Waals surface area contributed by atoms with E-state index in [1.54, 1.807) is 0 Å². The molecule has 1 aliphatic rings. The summed E-state index contributed by atoms with van der Waals surface area (Å²) in [6, 6.07) is 0. The highest BCUT2D eigenvalue weighted by molar-refractivity contribution is 5.81. The quantitative estimate of drug-likeness (QED) is 0.277. The van der Waals surface area contributed by atoms with Gasteiger partial charge in [-0.25, -0.2) is 0 Å². The van der Waals surface area contributed by atoms with Gasteiger partial charge in [0.25, 0.3) is 0 Å². The molecule has 0 radical (unpaired) electrons. The lowest BCUT2D eigenvalue weighted by Crippen LogP contribution is -2.34. The highest BCUT2D eigenvalue weighted by Gasteiger charge is 2.49. The molecule has 8 heteroatoms. The number of alkyl halides is 3. The van der Waals surface area contributed by atoms with Crippen LogP contribution in [0.25, 0.3) is 0 Å². The smallest absolute Gasteiger partial charge is 0.393 e. The van der Waals surface area contributed by atoms with E-state index < -0.39 is 24.6 Å². The van der Waals surface area contributed by atoms with Gasteiger partial charge < -0.3 is 16.0 Å². The van der Waals surface area contributed by atoms with E-state index in [-0.39, 0.29) is 25.5 Å². The summed E-state index contributed by atoms with van der Waals surface area (Å²) in [5.74, 6) is -2.53. The van der Waals surface area contributed by atoms with Crippen molar-refractivity contribution >= 4 is 5.84 Å². The molecule has 0 bridgehead atoms. The monoisotopic (exact) mass is 241 g/mol. The Balaban J connectivity index is 2.63. The van der Waals surface area contributed by atoms with Crippen molar-refractivity contribution in [1.82, 2.24) is 4.90 Å². The first-order valence-electron chi connectivity index (χ1n) is 4.74. The molecule has 0 aliphatic carbocycles. The number of aliphatic hydroxyl groups is 1. The van der Waals surface area contributed by atoms with Crippen molar-refractivity contribution < 1.29 is 23.5 Å². The van der Waals surface area contributed by atoms with Crippen LogP contribution >= 0.6 is 0 Å². The van der Waals surface area contributed by atoms with Gasteiger partial charge in [-0.3, -0.25) is 4.90 Å². The predicted molar refractivity (Wildman–Crippen MR) is 50.0 cm³/mol. The maximum Gasteiger partial charge on any atom is 0.393 e. The summed E-state index contributed by atoms with van der Waals surface area (Å²) in [7, 11) is 0. The van der Waals surface area contributed by atoms with Gasteiger partial charge in [-0.15, -0.1) is 0 Å². The third-order valence-corrected chi connectivity index (χ3v) is 2.69. The molecule has 1 fully saturated rings. The number of nitrogens with zero attached hydrogens (tertiary/aromatic N) is 2. The SMILES string of the molecule is NC(CN1C[C@@H](CO)[C@@H](C(F)(F)F)C1)=NO. The van der Waals surface area contributed by atoms with Gasteiger partial charge in [0.2, 0.25) is 0 Å². The molecule has 1 aliphatic heterocycles. The van der Waals surface area contributed by atoms with Crippen molar-refractivity contribution in [1.29, 1.82) is 0 Å². The molecule has 1 saturated heterocycles. The standard InChI is InChI=1S/C8H14F3N3O2/c9-8(10,11)6-2-14(1-5(6)4-15)3-7(12)13-16/h5-6,15-16H,1-4H2,(H2,12,13)/t5-,6-/m0/s1. The molecule has 5 nitrogen and oxygen atoms in total. The molecule has 0 aromatic carbocycles. The van der Waals surface area contributed by atoms with Crippen molar-refractivity contribution in [3.8, 4) is 0 Å². The third kappa shape index (κ3) is 2.99. The first-order valence-corrected chi connectivity index (χ1v) is 4.74. The fourth-order valence-electron chi connectivity index (χ4n) is 1.91. The van der Waals surface area contributed by atoms with E-state index in [4.69, 9.17) is 16.0 Å². The van der Waals surface area contributed by atoms with Crippen LogP contribution in [0, 0.1) is 11.8 Å². The lowest BCUT2D eigenvalue weighted by molar-refractivity contribution is -0.182. The number of oxime groups is 1. The third-order valence-electron chi connectivity index (χ3n) is 2.69. The van der Waals surface area contributed by atoms with Gasteiger partial charge in [-0.2, -0.15) is 13.2 Å². The highest BCUT2D eigenvalue weighted by atomic mass is 19.4. The Hall–Kier alpha value is -1.02. The van der Waals surface area contributed by atoms with Gasteiger partial charge in [0, 0.05) is 25.6 Å². The van der Waals surface area contributed by atoms with E-state index in [2.05, 4.69) is 5.16 Å². The van der Waals surface area contributed by atoms with Crippen LogP contribution in [0.2, 0.25) is 0 Å². The average Bonchev–Trinajstić information content (AvgIpc) is 2.60. The fourth-order valence-corrected chi connectivity index (χ4v) is 1.91. The van der Waals surface area contributed by atoms with E-state index in [0.717, 1.165) is 0 Å². The van der Waals surface area contributed by atoms with Crippen molar-refractivity contribution in [2.45, 2.75) is 6.18 Å². The van der Waals surface area contributed by atoms with E-state index in [1.807, 2.05) is 0 Å². The fraction of sp³-hybridized carbons (Fsp3) is 0.875. The zero-order valence-corrected chi connectivity index (χ0v) is 8.48. The number of nitrogens with two attached hydrogens (primary N) is 1. The summed E-state index contributed by atoms with van der Waals surface area (Å²) in [4.78, 5) is 1.41. The Labute approximate surface area is 90.3 Å². The van der Waals surface area contributed by atoms with Gasteiger partial charge in [0.1, 0.15) is 0 Å². The molecule has 0 aromatic heterocycles. The van der Waals surface area contributed by atoms with E-state index in [0.29, 0.717) is 0 Å². The number of halogens is 3. The molecule has 0 saturated carbocycles. The van der Waals surface area contributed by atoms with Crippen LogP contribution in [0.3, 0.4) is 0 Å². The molecule has 1 heterocycles. The van der Waals surface area contributed by atoms with Gasteiger partial charge in [-0.05, 0) is 0 Å². The van der Waals surface area contributed by atoms with Gasteiger partial charge in [0.05, 0.1) is 12.5 Å². The molecule has 2 atom stereocenters. The summed E-state index contributed by atoms with van der Waals surface area (Å²) >= 11 is 0. The Bertz CT molecular complexity index is 270. The zero-order chi connectivity index (χ0) is 12.3. The second kappa shape index (κ2) is 4.88. The molecule has 0 spiro atoms. The molecule has 4 N–H and O–H groups in total. The first kappa shape index (κ1) is 13.0. The summed E-state index contributed by atoms with van der Waals surface area (Å²) < 4.78 is 37.6. The van der Waals surface area contributed by atoms with E-state index >= 15 is 0 Å². The largest absolute Gasteiger partial charge is 0.409 e. The molecule has 0 unspecified atom stereocenters. The topological polar surface area (TPSA) is 82.1 Å². The summed E-state index contributed by atoms with van der Waals surface area (Å²) in [5, 5.41) is 19.9. The van der Waals surface area contributed by atoms with Crippen LogP contribution in [-0.2, 0) is 0 Å². The zero-order valence-electron chi connectivity index (χ0n) is 8.48. The molecular weight excluding hydrogens is 227 g/mol. The second-order valence-electron chi connectivity index (χ2n) is 3.88. The minimum absolute atomic E-state index is 0.0282. The van der Waals surface area contributed by atoms with Gasteiger partial charge in [0.15, 0.2) is 5.84 Å². The lowest BCUT2D eigenvalue weighted by atomic mass is 9.97. The van der Waals surface area contributed by atoms with Crippen molar-refractivity contribution in [3.63, 3.8) is 0 Å². The molecule has 16 heavy (non-hydrogen) atoms. The van der Waals surface area contributed by atoms with Crippen molar-refractivity contribution in [2.75, 3.05) is 26.2 Å². The number of amidine groups is 1. The molecule has 0 amide bonds. The van der Waals surface area contributed by atoms with Crippen LogP contribution in [0.5, 0.6) is 0 Å². The Kier molecular flexibility index (Phi) is 3.98. The maximum atomic E-state index is 12.5. The Morgan fingerprint density at radius 2 is 2.06 bits per heavy atom. The Morgan fingerprint density at radius 1 is 1.44 bits per heavy atom. The number of rotatable bonds is 3. The second-order valence-corrected chi connectivity index (χ2v) is 3.88. The number of aliphatic hydroxyl groups excluding tert-OH is 1.